The topological polar surface area (TPSA) is 110 Å². The van der Waals surface area contributed by atoms with Crippen LogP contribution in [-0.4, -0.2) is 35.2 Å². The number of anilines is 1. The number of hydrogen-bond acceptors (Lipinski definition) is 5. The second-order valence-electron chi connectivity index (χ2n) is 3.04. The summed E-state index contributed by atoms with van der Waals surface area (Å²) in [5.74, 6) is -0.801. The second kappa shape index (κ2) is 5.26. The Hall–Kier alpha value is -1.89. The van der Waals surface area contributed by atoms with Crippen molar-refractivity contribution < 1.29 is 14.3 Å². The van der Waals surface area contributed by atoms with Gasteiger partial charge in [-0.2, -0.15) is 5.10 Å². The van der Waals surface area contributed by atoms with E-state index >= 15 is 0 Å². The Morgan fingerprint density at radius 2 is 2.25 bits per heavy atom. The first kappa shape index (κ1) is 12.2. The molecule has 1 amide bonds. The van der Waals surface area contributed by atoms with E-state index in [0.717, 1.165) is 0 Å². The number of hydrogen-bond donors (Lipinski definition) is 3. The molecule has 0 aliphatic heterocycles. The number of carbonyl (C=O) groups is 2. The lowest BCUT2D eigenvalue weighted by Crippen LogP contribution is -2.23. The first-order chi connectivity index (χ1) is 7.60. The van der Waals surface area contributed by atoms with E-state index in [1.165, 1.54) is 0 Å². The zero-order chi connectivity index (χ0) is 12.1. The average Bonchev–Trinajstić information content (AvgIpc) is 2.60. The smallest absolute Gasteiger partial charge is 0.343 e. The SMILES string of the molecule is CCOC(=O)c1c(NC(=O)CN)n[nH]c1C. The second-order valence-corrected chi connectivity index (χ2v) is 3.04. The molecule has 0 aliphatic carbocycles. The molecule has 7 nitrogen and oxygen atoms in total. The Morgan fingerprint density at radius 3 is 2.81 bits per heavy atom. The van der Waals surface area contributed by atoms with Crippen molar-refractivity contribution in [3.05, 3.63) is 11.3 Å². The minimum absolute atomic E-state index is 0.145. The number of esters is 1. The van der Waals surface area contributed by atoms with Gasteiger partial charge < -0.3 is 15.8 Å². The zero-order valence-electron chi connectivity index (χ0n) is 9.16. The van der Waals surface area contributed by atoms with Gasteiger partial charge >= 0.3 is 5.97 Å². The Labute approximate surface area is 92.3 Å². The fraction of sp³-hybridized carbons (Fsp3) is 0.444. The van der Waals surface area contributed by atoms with Gasteiger partial charge in [0.2, 0.25) is 5.91 Å². The summed E-state index contributed by atoms with van der Waals surface area (Å²) in [4.78, 5) is 22.6. The number of amides is 1. The fourth-order valence-electron chi connectivity index (χ4n) is 1.16. The molecule has 88 valence electrons. The highest BCUT2D eigenvalue weighted by Gasteiger charge is 2.20. The summed E-state index contributed by atoms with van der Waals surface area (Å²) in [6.45, 7) is 3.45. The molecule has 1 heterocycles. The van der Waals surface area contributed by atoms with Crippen LogP contribution < -0.4 is 11.1 Å². The molecule has 1 aromatic heterocycles. The van der Waals surface area contributed by atoms with Crippen LogP contribution in [0.15, 0.2) is 0 Å². The molecular formula is C9H14N4O3. The molecule has 16 heavy (non-hydrogen) atoms. The molecule has 1 rings (SSSR count). The standard InChI is InChI=1S/C9H14N4O3/c1-3-16-9(15)7-5(2)12-13-8(7)11-6(14)4-10/h3-4,10H2,1-2H3,(H2,11,12,13,14). The Morgan fingerprint density at radius 1 is 1.56 bits per heavy atom. The first-order valence-corrected chi connectivity index (χ1v) is 4.82. The van der Waals surface area contributed by atoms with E-state index in [9.17, 15) is 9.59 Å². The Bertz CT molecular complexity index is 399. The van der Waals surface area contributed by atoms with Gasteiger partial charge in [0.25, 0.3) is 0 Å². The third-order valence-corrected chi connectivity index (χ3v) is 1.87. The van der Waals surface area contributed by atoms with Crippen molar-refractivity contribution in [2.24, 2.45) is 5.73 Å². The minimum atomic E-state index is -0.527. The monoisotopic (exact) mass is 226 g/mol. The molecule has 0 bridgehead atoms. The highest BCUT2D eigenvalue weighted by Crippen LogP contribution is 2.16. The van der Waals surface area contributed by atoms with E-state index in [2.05, 4.69) is 15.5 Å². The van der Waals surface area contributed by atoms with Crippen LogP contribution in [0.4, 0.5) is 5.82 Å². The highest BCUT2D eigenvalue weighted by atomic mass is 16.5. The normalized spacial score (nSPS) is 9.94. The third kappa shape index (κ3) is 2.57. The van der Waals surface area contributed by atoms with Crippen LogP contribution in [0.5, 0.6) is 0 Å². The number of aryl methyl sites for hydroxylation is 1. The van der Waals surface area contributed by atoms with Crippen molar-refractivity contribution in [3.8, 4) is 0 Å². The molecule has 0 spiro atoms. The number of nitrogens with zero attached hydrogens (tertiary/aromatic N) is 1. The first-order valence-electron chi connectivity index (χ1n) is 4.82. The van der Waals surface area contributed by atoms with Gasteiger partial charge in [-0.1, -0.05) is 0 Å². The van der Waals surface area contributed by atoms with Crippen molar-refractivity contribution in [3.63, 3.8) is 0 Å². The molecule has 1 aromatic rings. The summed E-state index contributed by atoms with van der Waals surface area (Å²) in [7, 11) is 0. The van der Waals surface area contributed by atoms with Gasteiger partial charge in [-0.15, -0.1) is 0 Å². The maximum Gasteiger partial charge on any atom is 0.343 e. The number of aromatic nitrogens is 2. The van der Waals surface area contributed by atoms with Crippen molar-refractivity contribution in [1.29, 1.82) is 0 Å². The number of H-pyrrole nitrogens is 1. The predicted octanol–water partition coefficient (Wildman–Crippen LogP) is -0.208. The van der Waals surface area contributed by atoms with Crippen LogP contribution in [-0.2, 0) is 9.53 Å². The van der Waals surface area contributed by atoms with Gasteiger partial charge in [-0.3, -0.25) is 9.89 Å². The Balaban J connectivity index is 2.93. The predicted molar refractivity (Wildman–Crippen MR) is 57.0 cm³/mol. The Kier molecular flexibility index (Phi) is 4.01. The largest absolute Gasteiger partial charge is 0.462 e. The maximum atomic E-state index is 11.6. The van der Waals surface area contributed by atoms with E-state index in [1.807, 2.05) is 0 Å². The maximum absolute atomic E-state index is 11.6. The number of ether oxygens (including phenoxy) is 1. The van der Waals surface area contributed by atoms with E-state index in [4.69, 9.17) is 10.5 Å². The molecule has 0 aromatic carbocycles. The number of nitrogens with two attached hydrogens (primary N) is 1. The number of aromatic amines is 1. The molecular weight excluding hydrogens is 212 g/mol. The van der Waals surface area contributed by atoms with Gasteiger partial charge in [0.15, 0.2) is 5.82 Å². The van der Waals surface area contributed by atoms with Crippen LogP contribution in [0.25, 0.3) is 0 Å². The molecule has 0 aliphatic rings. The third-order valence-electron chi connectivity index (χ3n) is 1.87. The summed E-state index contributed by atoms with van der Waals surface area (Å²) in [5.41, 5.74) is 5.90. The number of rotatable bonds is 4. The van der Waals surface area contributed by atoms with Gasteiger partial charge in [0, 0.05) is 5.69 Å². The van der Waals surface area contributed by atoms with Gasteiger partial charge in [0.1, 0.15) is 5.56 Å². The van der Waals surface area contributed by atoms with Crippen LogP contribution in [0.1, 0.15) is 23.0 Å². The average molecular weight is 226 g/mol. The van der Waals surface area contributed by atoms with E-state index in [1.54, 1.807) is 13.8 Å². The molecule has 7 heteroatoms. The van der Waals surface area contributed by atoms with Crippen molar-refractivity contribution in [2.75, 3.05) is 18.5 Å². The summed E-state index contributed by atoms with van der Waals surface area (Å²) >= 11 is 0. The van der Waals surface area contributed by atoms with Crippen LogP contribution in [0, 0.1) is 6.92 Å². The summed E-state index contributed by atoms with van der Waals surface area (Å²) in [6, 6.07) is 0. The van der Waals surface area contributed by atoms with Gasteiger partial charge in [-0.05, 0) is 13.8 Å². The molecule has 0 unspecified atom stereocenters. The zero-order valence-corrected chi connectivity index (χ0v) is 9.16. The van der Waals surface area contributed by atoms with Crippen LogP contribution in [0.2, 0.25) is 0 Å². The van der Waals surface area contributed by atoms with Crippen molar-refractivity contribution in [2.45, 2.75) is 13.8 Å². The summed E-state index contributed by atoms with van der Waals surface area (Å²) in [5, 5.41) is 8.81. The van der Waals surface area contributed by atoms with Crippen LogP contribution >= 0.6 is 0 Å². The minimum Gasteiger partial charge on any atom is -0.462 e. The van der Waals surface area contributed by atoms with Gasteiger partial charge in [0.05, 0.1) is 13.2 Å². The summed E-state index contributed by atoms with van der Waals surface area (Å²) < 4.78 is 4.84. The molecule has 0 atom stereocenters. The quantitative estimate of drug-likeness (QED) is 0.615. The molecule has 0 saturated heterocycles. The van der Waals surface area contributed by atoms with Gasteiger partial charge in [-0.25, -0.2) is 4.79 Å². The molecule has 0 radical (unpaired) electrons. The molecule has 4 N–H and O–H groups in total. The summed E-state index contributed by atoms with van der Waals surface area (Å²) in [6.07, 6.45) is 0. The lowest BCUT2D eigenvalue weighted by molar-refractivity contribution is -0.114. The highest BCUT2D eigenvalue weighted by molar-refractivity contribution is 6.01. The fourth-order valence-corrected chi connectivity index (χ4v) is 1.16. The number of carbonyl (C=O) groups excluding carboxylic acids is 2. The number of nitrogens with one attached hydrogen (secondary N) is 2. The van der Waals surface area contributed by atoms with Crippen molar-refractivity contribution >= 4 is 17.7 Å². The van der Waals surface area contributed by atoms with Crippen molar-refractivity contribution in [1.82, 2.24) is 10.2 Å². The lowest BCUT2D eigenvalue weighted by Gasteiger charge is -2.04. The van der Waals surface area contributed by atoms with E-state index in [-0.39, 0.29) is 24.5 Å². The van der Waals surface area contributed by atoms with E-state index < -0.39 is 11.9 Å². The molecule has 0 fully saturated rings. The van der Waals surface area contributed by atoms with E-state index in [0.29, 0.717) is 5.69 Å². The molecule has 0 saturated carbocycles. The van der Waals surface area contributed by atoms with Crippen LogP contribution in [0.3, 0.4) is 0 Å². The lowest BCUT2D eigenvalue weighted by atomic mass is 10.2.